The average molecular weight is 237 g/mol. The third-order valence-corrected chi connectivity index (χ3v) is 2.94. The van der Waals surface area contributed by atoms with E-state index >= 15 is 0 Å². The van der Waals surface area contributed by atoms with Crippen LogP contribution < -0.4 is 0 Å². The molecule has 0 bridgehead atoms. The number of nitrogens with zero attached hydrogens (tertiary/aromatic N) is 2. The van der Waals surface area contributed by atoms with E-state index in [-0.39, 0.29) is 5.78 Å². The smallest absolute Gasteiger partial charge is 0.130 e. The van der Waals surface area contributed by atoms with E-state index in [1.54, 1.807) is 6.92 Å². The Hall–Kier alpha value is -1.35. The highest BCUT2D eigenvalue weighted by atomic mass is 35.5. The minimum absolute atomic E-state index is 0.179. The maximum atomic E-state index is 10.9. The minimum atomic E-state index is 0.179. The van der Waals surface area contributed by atoms with Gasteiger partial charge in [0, 0.05) is 19.9 Å². The van der Waals surface area contributed by atoms with Crippen LogP contribution in [0.5, 0.6) is 0 Å². The number of aromatic nitrogens is 2. The summed E-state index contributed by atoms with van der Waals surface area (Å²) in [7, 11) is 1.93. The molecule has 0 aliphatic carbocycles. The second kappa shape index (κ2) is 4.26. The molecule has 4 heteroatoms. The van der Waals surface area contributed by atoms with Crippen molar-refractivity contribution in [2.24, 2.45) is 7.05 Å². The number of ketones is 1. The SMILES string of the molecule is CC(=O)CCc1nc2cccc(Cl)c2n1C. The van der Waals surface area contributed by atoms with Crippen molar-refractivity contribution >= 4 is 28.4 Å². The normalized spacial score (nSPS) is 10.9. The lowest BCUT2D eigenvalue weighted by molar-refractivity contribution is -0.117. The van der Waals surface area contributed by atoms with E-state index in [0.29, 0.717) is 17.9 Å². The number of carbonyl (C=O) groups excluding carboxylic acids is 1. The first-order valence-corrected chi connectivity index (χ1v) is 5.56. The van der Waals surface area contributed by atoms with Gasteiger partial charge in [0.25, 0.3) is 0 Å². The minimum Gasteiger partial charge on any atom is -0.330 e. The van der Waals surface area contributed by atoms with Crippen LogP contribution in [0.1, 0.15) is 19.2 Å². The molecule has 1 aromatic heterocycles. The van der Waals surface area contributed by atoms with E-state index in [2.05, 4.69) is 4.98 Å². The summed E-state index contributed by atoms with van der Waals surface area (Å²) in [5.74, 6) is 1.08. The van der Waals surface area contributed by atoms with Gasteiger partial charge in [-0.3, -0.25) is 0 Å². The number of halogens is 1. The molecule has 0 N–H and O–H groups in total. The van der Waals surface area contributed by atoms with Crippen molar-refractivity contribution in [3.63, 3.8) is 0 Å². The molecule has 2 rings (SSSR count). The Morgan fingerprint density at radius 2 is 2.25 bits per heavy atom. The fraction of sp³-hybridized carbons (Fsp3) is 0.333. The Morgan fingerprint density at radius 3 is 2.88 bits per heavy atom. The molecule has 0 radical (unpaired) electrons. The van der Waals surface area contributed by atoms with Crippen molar-refractivity contribution in [2.75, 3.05) is 0 Å². The molecule has 0 saturated carbocycles. The Balaban J connectivity index is 2.44. The molecule has 0 amide bonds. The van der Waals surface area contributed by atoms with Crippen molar-refractivity contribution in [3.8, 4) is 0 Å². The lowest BCUT2D eigenvalue weighted by Gasteiger charge is -2.01. The molecule has 0 aliphatic rings. The number of fused-ring (bicyclic) bond motifs is 1. The predicted octanol–water partition coefficient (Wildman–Crippen LogP) is 2.75. The Bertz CT molecular complexity index is 545. The molecule has 0 aliphatic heterocycles. The Kier molecular flexibility index (Phi) is 2.97. The molecule has 1 aromatic carbocycles. The summed E-state index contributed by atoms with van der Waals surface area (Å²) in [6, 6.07) is 5.66. The fourth-order valence-electron chi connectivity index (χ4n) is 1.78. The fourth-order valence-corrected chi connectivity index (χ4v) is 2.08. The van der Waals surface area contributed by atoms with Crippen molar-refractivity contribution in [1.29, 1.82) is 0 Å². The molecule has 16 heavy (non-hydrogen) atoms. The third kappa shape index (κ3) is 1.95. The van der Waals surface area contributed by atoms with Gasteiger partial charge in [0.15, 0.2) is 0 Å². The number of carbonyl (C=O) groups is 1. The first-order chi connectivity index (χ1) is 7.59. The van der Waals surface area contributed by atoms with Gasteiger partial charge < -0.3 is 9.36 Å². The van der Waals surface area contributed by atoms with Gasteiger partial charge in [0.05, 0.1) is 16.1 Å². The summed E-state index contributed by atoms with van der Waals surface area (Å²) in [4.78, 5) is 15.4. The molecular formula is C12H13ClN2O. The van der Waals surface area contributed by atoms with E-state index in [9.17, 15) is 4.79 Å². The van der Waals surface area contributed by atoms with Crippen LogP contribution in [0.3, 0.4) is 0 Å². The topological polar surface area (TPSA) is 34.9 Å². The van der Waals surface area contributed by atoms with Crippen LogP contribution in [-0.4, -0.2) is 15.3 Å². The summed E-state index contributed by atoms with van der Waals surface area (Å²) in [5, 5.41) is 0.696. The molecule has 0 unspecified atom stereocenters. The lowest BCUT2D eigenvalue weighted by atomic mass is 10.2. The quantitative estimate of drug-likeness (QED) is 0.822. The van der Waals surface area contributed by atoms with Gasteiger partial charge in [0.1, 0.15) is 11.6 Å². The molecule has 0 spiro atoms. The highest BCUT2D eigenvalue weighted by Crippen LogP contribution is 2.23. The van der Waals surface area contributed by atoms with Crippen molar-refractivity contribution in [3.05, 3.63) is 29.0 Å². The second-order valence-electron chi connectivity index (χ2n) is 3.90. The van der Waals surface area contributed by atoms with Crippen LogP contribution in [0, 0.1) is 0 Å². The van der Waals surface area contributed by atoms with Gasteiger partial charge in [-0.05, 0) is 19.1 Å². The number of benzene rings is 1. The van der Waals surface area contributed by atoms with Gasteiger partial charge in [0.2, 0.25) is 0 Å². The summed E-state index contributed by atoms with van der Waals surface area (Å²) < 4.78 is 1.96. The maximum absolute atomic E-state index is 10.9. The zero-order valence-electron chi connectivity index (χ0n) is 9.33. The van der Waals surface area contributed by atoms with Crippen LogP contribution in [0.2, 0.25) is 5.02 Å². The maximum Gasteiger partial charge on any atom is 0.130 e. The molecule has 0 fully saturated rings. The van der Waals surface area contributed by atoms with Crippen LogP contribution in [0.4, 0.5) is 0 Å². The van der Waals surface area contributed by atoms with Gasteiger partial charge in [-0.2, -0.15) is 0 Å². The summed E-state index contributed by atoms with van der Waals surface area (Å²) in [6.45, 7) is 1.59. The van der Waals surface area contributed by atoms with E-state index in [1.165, 1.54) is 0 Å². The summed E-state index contributed by atoms with van der Waals surface area (Å²) in [5.41, 5.74) is 1.82. The number of aryl methyl sites for hydroxylation is 2. The van der Waals surface area contributed by atoms with E-state index < -0.39 is 0 Å². The monoisotopic (exact) mass is 236 g/mol. The van der Waals surface area contributed by atoms with Crippen LogP contribution in [0.15, 0.2) is 18.2 Å². The van der Waals surface area contributed by atoms with Crippen molar-refractivity contribution in [1.82, 2.24) is 9.55 Å². The molecular weight excluding hydrogens is 224 g/mol. The van der Waals surface area contributed by atoms with E-state index in [1.807, 2.05) is 29.8 Å². The molecule has 1 heterocycles. The van der Waals surface area contributed by atoms with Crippen LogP contribution in [0.25, 0.3) is 11.0 Å². The van der Waals surface area contributed by atoms with E-state index in [0.717, 1.165) is 16.9 Å². The average Bonchev–Trinajstić information content (AvgIpc) is 2.54. The number of rotatable bonds is 3. The van der Waals surface area contributed by atoms with Crippen LogP contribution >= 0.6 is 11.6 Å². The molecule has 84 valence electrons. The molecule has 0 saturated heterocycles. The zero-order chi connectivity index (χ0) is 11.7. The van der Waals surface area contributed by atoms with Gasteiger partial charge in [-0.25, -0.2) is 4.98 Å². The molecule has 2 aromatic rings. The summed E-state index contributed by atoms with van der Waals surface area (Å²) >= 11 is 6.11. The highest BCUT2D eigenvalue weighted by Gasteiger charge is 2.10. The van der Waals surface area contributed by atoms with Crippen LogP contribution in [-0.2, 0) is 18.3 Å². The first kappa shape index (κ1) is 11.1. The summed E-state index contributed by atoms with van der Waals surface area (Å²) in [6.07, 6.45) is 1.19. The third-order valence-electron chi connectivity index (χ3n) is 2.64. The van der Waals surface area contributed by atoms with Gasteiger partial charge in [-0.15, -0.1) is 0 Å². The second-order valence-corrected chi connectivity index (χ2v) is 4.30. The Morgan fingerprint density at radius 1 is 1.50 bits per heavy atom. The first-order valence-electron chi connectivity index (χ1n) is 5.19. The zero-order valence-corrected chi connectivity index (χ0v) is 10.1. The predicted molar refractivity (Wildman–Crippen MR) is 64.7 cm³/mol. The molecule has 3 nitrogen and oxygen atoms in total. The van der Waals surface area contributed by atoms with E-state index in [4.69, 9.17) is 11.6 Å². The number of hydrogen-bond donors (Lipinski definition) is 0. The number of hydrogen-bond acceptors (Lipinski definition) is 2. The largest absolute Gasteiger partial charge is 0.330 e. The highest BCUT2D eigenvalue weighted by molar-refractivity contribution is 6.35. The van der Waals surface area contributed by atoms with Gasteiger partial charge in [-0.1, -0.05) is 17.7 Å². The number of Topliss-reactive ketones (excluding diaryl/α,β-unsaturated/α-hetero) is 1. The van der Waals surface area contributed by atoms with Crippen molar-refractivity contribution in [2.45, 2.75) is 19.8 Å². The van der Waals surface area contributed by atoms with Gasteiger partial charge >= 0.3 is 0 Å². The Labute approximate surface area is 99.0 Å². The standard InChI is InChI=1S/C12H13ClN2O/c1-8(16)6-7-11-14-10-5-3-4-9(13)12(10)15(11)2/h3-5H,6-7H2,1-2H3. The molecule has 0 atom stereocenters. The van der Waals surface area contributed by atoms with Crippen molar-refractivity contribution < 1.29 is 4.79 Å². The number of para-hydroxylation sites is 1. The number of imidazole rings is 1. The lowest BCUT2D eigenvalue weighted by Crippen LogP contribution is -2.01.